The predicted molar refractivity (Wildman–Crippen MR) is 77.5 cm³/mol. The van der Waals surface area contributed by atoms with Gasteiger partial charge in [0, 0.05) is 17.5 Å². The molecule has 1 N–H and O–H groups in total. The van der Waals surface area contributed by atoms with Crippen LogP contribution in [0.2, 0.25) is 0 Å². The highest BCUT2D eigenvalue weighted by molar-refractivity contribution is 5.81. The minimum Gasteiger partial charge on any atom is -0.392 e. The molecule has 3 nitrogen and oxygen atoms in total. The fourth-order valence-corrected chi connectivity index (χ4v) is 3.79. The summed E-state index contributed by atoms with van der Waals surface area (Å²) in [7, 11) is 0. The van der Waals surface area contributed by atoms with E-state index in [4.69, 9.17) is 4.74 Å². The number of nitrogens with zero attached hydrogens (tertiary/aromatic N) is 1. The van der Waals surface area contributed by atoms with Crippen LogP contribution in [0.25, 0.3) is 10.9 Å². The highest BCUT2D eigenvalue weighted by Crippen LogP contribution is 2.41. The Morgan fingerprint density at radius 2 is 2.15 bits per heavy atom. The van der Waals surface area contributed by atoms with E-state index in [9.17, 15) is 5.11 Å². The van der Waals surface area contributed by atoms with Crippen molar-refractivity contribution in [2.45, 2.75) is 44.0 Å². The molecule has 1 aromatic carbocycles. The van der Waals surface area contributed by atoms with Crippen molar-refractivity contribution in [2.75, 3.05) is 0 Å². The van der Waals surface area contributed by atoms with Crippen molar-refractivity contribution in [2.24, 2.45) is 5.92 Å². The van der Waals surface area contributed by atoms with Crippen LogP contribution in [0.1, 0.15) is 24.8 Å². The molecule has 4 atom stereocenters. The van der Waals surface area contributed by atoms with Crippen LogP contribution in [-0.4, -0.2) is 28.4 Å². The van der Waals surface area contributed by atoms with Gasteiger partial charge in [-0.1, -0.05) is 18.2 Å². The molecule has 0 radical (unpaired) electrons. The molecule has 3 heteroatoms. The largest absolute Gasteiger partial charge is 0.392 e. The van der Waals surface area contributed by atoms with Gasteiger partial charge < -0.3 is 9.84 Å². The summed E-state index contributed by atoms with van der Waals surface area (Å²) < 4.78 is 5.86. The summed E-state index contributed by atoms with van der Waals surface area (Å²) in [6.45, 7) is 0. The molecule has 104 valence electrons. The molecule has 2 bridgehead atoms. The Labute approximate surface area is 118 Å². The van der Waals surface area contributed by atoms with E-state index >= 15 is 0 Å². The summed E-state index contributed by atoms with van der Waals surface area (Å²) >= 11 is 0. The van der Waals surface area contributed by atoms with Crippen molar-refractivity contribution >= 4 is 10.9 Å². The Morgan fingerprint density at radius 3 is 2.95 bits per heavy atom. The van der Waals surface area contributed by atoms with Crippen LogP contribution >= 0.6 is 0 Å². The number of hydrogen-bond donors (Lipinski definition) is 1. The molecular weight excluding hydrogens is 250 g/mol. The molecule has 20 heavy (non-hydrogen) atoms. The maximum absolute atomic E-state index is 10.6. The third-order valence-electron chi connectivity index (χ3n) is 4.82. The lowest BCUT2D eigenvalue weighted by atomic mass is 9.83. The molecule has 2 fully saturated rings. The van der Waals surface area contributed by atoms with Gasteiger partial charge >= 0.3 is 0 Å². The van der Waals surface area contributed by atoms with Gasteiger partial charge in [-0.3, -0.25) is 4.98 Å². The monoisotopic (exact) mass is 269 g/mol. The average Bonchev–Trinajstić information content (AvgIpc) is 3.10. The highest BCUT2D eigenvalue weighted by Gasteiger charge is 2.43. The Hall–Kier alpha value is -1.45. The van der Waals surface area contributed by atoms with Crippen molar-refractivity contribution in [1.82, 2.24) is 4.98 Å². The van der Waals surface area contributed by atoms with Gasteiger partial charge in [0.05, 0.1) is 23.8 Å². The lowest BCUT2D eigenvalue weighted by molar-refractivity contribution is 0.0433. The van der Waals surface area contributed by atoms with E-state index in [1.54, 1.807) is 0 Å². The number of aliphatic hydroxyl groups is 1. The number of hydrogen-bond acceptors (Lipinski definition) is 3. The normalized spacial score (nSPS) is 29.9. The SMILES string of the molecule is OC(Cc1ccnc2ccccc12)C1CC2CCC1O2. The molecule has 4 rings (SSSR count). The van der Waals surface area contributed by atoms with Crippen molar-refractivity contribution < 1.29 is 9.84 Å². The van der Waals surface area contributed by atoms with Crippen LogP contribution in [0.15, 0.2) is 36.5 Å². The van der Waals surface area contributed by atoms with E-state index in [1.807, 2.05) is 30.5 Å². The van der Waals surface area contributed by atoms with Crippen LogP contribution in [0.3, 0.4) is 0 Å². The van der Waals surface area contributed by atoms with Crippen molar-refractivity contribution in [3.63, 3.8) is 0 Å². The Bertz CT molecular complexity index is 622. The van der Waals surface area contributed by atoms with Crippen molar-refractivity contribution in [3.05, 3.63) is 42.1 Å². The van der Waals surface area contributed by atoms with Crippen LogP contribution in [-0.2, 0) is 11.2 Å². The highest BCUT2D eigenvalue weighted by atomic mass is 16.5. The summed E-state index contributed by atoms with van der Waals surface area (Å²) in [4.78, 5) is 4.38. The van der Waals surface area contributed by atoms with Crippen molar-refractivity contribution in [3.8, 4) is 0 Å². The summed E-state index contributed by atoms with van der Waals surface area (Å²) in [5.74, 6) is 0.306. The number of aliphatic hydroxyl groups excluding tert-OH is 1. The van der Waals surface area contributed by atoms with Gasteiger partial charge in [0.15, 0.2) is 0 Å². The van der Waals surface area contributed by atoms with Gasteiger partial charge in [-0.05, 0) is 43.4 Å². The lowest BCUT2D eigenvalue weighted by Gasteiger charge is -2.24. The van der Waals surface area contributed by atoms with Crippen LogP contribution in [0.5, 0.6) is 0 Å². The first-order chi connectivity index (χ1) is 9.81. The number of ether oxygens (including phenoxy) is 1. The smallest absolute Gasteiger partial charge is 0.0704 e. The van der Waals surface area contributed by atoms with E-state index in [0.29, 0.717) is 18.4 Å². The van der Waals surface area contributed by atoms with Crippen LogP contribution in [0, 0.1) is 5.92 Å². The van der Waals surface area contributed by atoms with Gasteiger partial charge in [0.2, 0.25) is 0 Å². The van der Waals surface area contributed by atoms with Crippen LogP contribution in [0.4, 0.5) is 0 Å². The van der Waals surface area contributed by atoms with Gasteiger partial charge in [0.25, 0.3) is 0 Å². The minimum atomic E-state index is -0.309. The standard InChI is InChI=1S/C17H19NO2/c19-16(14-10-12-5-6-17(14)20-12)9-11-7-8-18-15-4-2-1-3-13(11)15/h1-4,7-8,12,14,16-17,19H,5-6,9-10H2. The van der Waals surface area contributed by atoms with E-state index < -0.39 is 0 Å². The number of fused-ring (bicyclic) bond motifs is 3. The summed E-state index contributed by atoms with van der Waals surface area (Å²) in [6.07, 6.45) is 6.21. The first kappa shape index (κ1) is 12.3. The molecule has 1 aromatic heterocycles. The Balaban J connectivity index is 1.58. The zero-order chi connectivity index (χ0) is 13.5. The average molecular weight is 269 g/mol. The summed E-state index contributed by atoms with van der Waals surface area (Å²) in [5, 5.41) is 11.7. The van der Waals surface area contributed by atoms with Crippen LogP contribution < -0.4 is 0 Å². The molecule has 3 heterocycles. The van der Waals surface area contributed by atoms with E-state index in [-0.39, 0.29) is 12.2 Å². The second-order valence-corrected chi connectivity index (χ2v) is 6.03. The third-order valence-corrected chi connectivity index (χ3v) is 4.82. The molecule has 0 saturated carbocycles. The van der Waals surface area contributed by atoms with E-state index in [1.165, 1.54) is 12.0 Å². The van der Waals surface area contributed by atoms with Gasteiger partial charge in [-0.15, -0.1) is 0 Å². The van der Waals surface area contributed by atoms with E-state index in [0.717, 1.165) is 23.7 Å². The Morgan fingerprint density at radius 1 is 1.25 bits per heavy atom. The quantitative estimate of drug-likeness (QED) is 0.931. The molecule has 0 amide bonds. The predicted octanol–water partition coefficient (Wildman–Crippen LogP) is 2.71. The maximum Gasteiger partial charge on any atom is 0.0704 e. The molecular formula is C17H19NO2. The number of para-hydroxylation sites is 1. The van der Waals surface area contributed by atoms with Gasteiger partial charge in [0.1, 0.15) is 0 Å². The molecule has 2 saturated heterocycles. The topological polar surface area (TPSA) is 42.4 Å². The van der Waals surface area contributed by atoms with E-state index in [2.05, 4.69) is 11.1 Å². The minimum absolute atomic E-state index is 0.281. The number of benzene rings is 1. The molecule has 2 aromatic rings. The first-order valence-electron chi connectivity index (χ1n) is 7.47. The molecule has 2 aliphatic rings. The fourth-order valence-electron chi connectivity index (χ4n) is 3.79. The fraction of sp³-hybridized carbons (Fsp3) is 0.471. The van der Waals surface area contributed by atoms with Gasteiger partial charge in [-0.25, -0.2) is 0 Å². The number of aromatic nitrogens is 1. The molecule has 2 aliphatic heterocycles. The number of pyridine rings is 1. The second-order valence-electron chi connectivity index (χ2n) is 6.03. The third kappa shape index (κ3) is 2.02. The Kier molecular flexibility index (Phi) is 2.97. The van der Waals surface area contributed by atoms with Gasteiger partial charge in [-0.2, -0.15) is 0 Å². The maximum atomic E-state index is 10.6. The molecule has 4 unspecified atom stereocenters. The zero-order valence-corrected chi connectivity index (χ0v) is 11.4. The molecule has 0 aliphatic carbocycles. The second kappa shape index (κ2) is 4.83. The molecule has 0 spiro atoms. The lowest BCUT2D eigenvalue weighted by Crippen LogP contribution is -2.31. The first-order valence-corrected chi connectivity index (χ1v) is 7.47. The number of rotatable bonds is 3. The van der Waals surface area contributed by atoms with Crippen molar-refractivity contribution in [1.29, 1.82) is 0 Å². The summed E-state index contributed by atoms with van der Waals surface area (Å²) in [6, 6.07) is 10.2. The summed E-state index contributed by atoms with van der Waals surface area (Å²) in [5.41, 5.74) is 2.19. The zero-order valence-electron chi connectivity index (χ0n) is 11.4.